The van der Waals surface area contributed by atoms with Crippen LogP contribution >= 0.6 is 0 Å². The van der Waals surface area contributed by atoms with Gasteiger partial charge >= 0.3 is 12.3 Å². The molecule has 0 unspecified atom stereocenters. The lowest BCUT2D eigenvalue weighted by molar-refractivity contribution is -0.286. The molecular formula is C18H18F2N4O4. The summed E-state index contributed by atoms with van der Waals surface area (Å²) in [5, 5.41) is 5.25. The summed E-state index contributed by atoms with van der Waals surface area (Å²) in [5.41, 5.74) is 1.14. The first-order valence-corrected chi connectivity index (χ1v) is 8.71. The Morgan fingerprint density at radius 2 is 1.93 bits per heavy atom. The van der Waals surface area contributed by atoms with Gasteiger partial charge < -0.3 is 29.7 Å². The Morgan fingerprint density at radius 3 is 2.68 bits per heavy atom. The van der Waals surface area contributed by atoms with Gasteiger partial charge in [0, 0.05) is 37.6 Å². The standard InChI is InChI=1S/C18H18F2N4O4/c19-18(20)27-14-3-2-13(9-15(14)28-18)23-17(25)22-11-12-1-4-16(21-10-12)24-5-7-26-8-6-24/h1-4,9-10H,5-8,11H2,(H2,22,23,25). The van der Waals surface area contributed by atoms with Crippen LogP contribution in [-0.2, 0) is 11.3 Å². The van der Waals surface area contributed by atoms with Crippen molar-refractivity contribution in [2.45, 2.75) is 12.8 Å². The quantitative estimate of drug-likeness (QED) is 0.832. The Bertz CT molecular complexity index is 857. The molecule has 0 bridgehead atoms. The Labute approximate surface area is 159 Å². The molecule has 2 amide bonds. The number of nitrogens with zero attached hydrogens (tertiary/aromatic N) is 2. The van der Waals surface area contributed by atoms with E-state index in [1.54, 1.807) is 6.20 Å². The number of fused-ring (bicyclic) bond motifs is 1. The maximum absolute atomic E-state index is 13.0. The number of hydrogen-bond acceptors (Lipinski definition) is 6. The third-order valence-corrected chi connectivity index (χ3v) is 4.26. The number of anilines is 2. The number of morpholine rings is 1. The predicted octanol–water partition coefficient (Wildman–Crippen LogP) is 2.56. The number of benzene rings is 1. The van der Waals surface area contributed by atoms with E-state index in [1.807, 2.05) is 12.1 Å². The van der Waals surface area contributed by atoms with Crippen molar-refractivity contribution >= 4 is 17.5 Å². The van der Waals surface area contributed by atoms with Gasteiger partial charge in [0.1, 0.15) is 5.82 Å². The molecule has 148 valence electrons. The lowest BCUT2D eigenvalue weighted by atomic mass is 10.2. The zero-order valence-electron chi connectivity index (χ0n) is 14.8. The van der Waals surface area contributed by atoms with Crippen molar-refractivity contribution in [1.82, 2.24) is 10.3 Å². The molecule has 2 aliphatic rings. The Morgan fingerprint density at radius 1 is 1.14 bits per heavy atom. The highest BCUT2D eigenvalue weighted by molar-refractivity contribution is 5.89. The number of ether oxygens (including phenoxy) is 3. The van der Waals surface area contributed by atoms with Crippen LogP contribution in [0.5, 0.6) is 11.5 Å². The Kier molecular flexibility index (Phi) is 4.86. The van der Waals surface area contributed by atoms with Crippen molar-refractivity contribution in [3.8, 4) is 11.5 Å². The van der Waals surface area contributed by atoms with Crippen LogP contribution in [0.3, 0.4) is 0 Å². The molecule has 0 spiro atoms. The first-order valence-electron chi connectivity index (χ1n) is 8.71. The average Bonchev–Trinajstić information content (AvgIpc) is 3.00. The van der Waals surface area contributed by atoms with Crippen LogP contribution in [0.25, 0.3) is 0 Å². The second-order valence-electron chi connectivity index (χ2n) is 6.26. The van der Waals surface area contributed by atoms with Gasteiger partial charge in [-0.1, -0.05) is 6.07 Å². The van der Waals surface area contributed by atoms with Gasteiger partial charge in [-0.05, 0) is 23.8 Å². The summed E-state index contributed by atoms with van der Waals surface area (Å²) in [6.07, 6.45) is -1.99. The van der Waals surface area contributed by atoms with E-state index >= 15 is 0 Å². The molecule has 1 aromatic carbocycles. The van der Waals surface area contributed by atoms with Crippen molar-refractivity contribution in [2.75, 3.05) is 36.5 Å². The van der Waals surface area contributed by atoms with Crippen molar-refractivity contribution in [3.63, 3.8) is 0 Å². The van der Waals surface area contributed by atoms with Crippen LogP contribution in [0.15, 0.2) is 36.5 Å². The number of hydrogen-bond donors (Lipinski definition) is 2. The highest BCUT2D eigenvalue weighted by Gasteiger charge is 2.43. The summed E-state index contributed by atoms with van der Waals surface area (Å²) in [4.78, 5) is 18.6. The monoisotopic (exact) mass is 392 g/mol. The van der Waals surface area contributed by atoms with Crippen molar-refractivity contribution in [1.29, 1.82) is 0 Å². The van der Waals surface area contributed by atoms with E-state index in [2.05, 4.69) is 30.0 Å². The van der Waals surface area contributed by atoms with Gasteiger partial charge in [-0.2, -0.15) is 0 Å². The van der Waals surface area contributed by atoms with Gasteiger partial charge in [0.2, 0.25) is 0 Å². The molecule has 3 heterocycles. The fourth-order valence-electron chi connectivity index (χ4n) is 2.89. The molecule has 8 nitrogen and oxygen atoms in total. The number of rotatable bonds is 4. The normalized spacial score (nSPS) is 17.3. The SMILES string of the molecule is O=C(NCc1ccc(N2CCOCC2)nc1)Nc1ccc2c(c1)OC(F)(F)O2. The molecule has 0 aliphatic carbocycles. The highest BCUT2D eigenvalue weighted by atomic mass is 19.3. The van der Waals surface area contributed by atoms with E-state index in [0.717, 1.165) is 24.5 Å². The predicted molar refractivity (Wildman–Crippen MR) is 95.8 cm³/mol. The number of halogens is 2. The summed E-state index contributed by atoms with van der Waals surface area (Å²) in [6.45, 7) is 3.24. The Hall–Kier alpha value is -3.14. The number of amides is 2. The number of nitrogens with one attached hydrogen (secondary N) is 2. The molecule has 2 aliphatic heterocycles. The van der Waals surface area contributed by atoms with Crippen molar-refractivity contribution < 1.29 is 27.8 Å². The molecule has 1 fully saturated rings. The minimum Gasteiger partial charge on any atom is -0.395 e. The fraction of sp³-hybridized carbons (Fsp3) is 0.333. The maximum Gasteiger partial charge on any atom is 0.586 e. The van der Waals surface area contributed by atoms with Gasteiger partial charge in [-0.15, -0.1) is 8.78 Å². The minimum atomic E-state index is -3.69. The van der Waals surface area contributed by atoms with Crippen molar-refractivity contribution in [2.24, 2.45) is 0 Å². The van der Waals surface area contributed by atoms with E-state index in [0.29, 0.717) is 18.9 Å². The topological polar surface area (TPSA) is 85.0 Å². The maximum atomic E-state index is 13.0. The zero-order chi connectivity index (χ0) is 19.6. The molecule has 10 heteroatoms. The Balaban J connectivity index is 1.29. The number of alkyl halides is 2. The molecule has 1 aromatic heterocycles. The summed E-state index contributed by atoms with van der Waals surface area (Å²) < 4.78 is 40.0. The number of pyridine rings is 1. The number of carbonyl (C=O) groups excluding carboxylic acids is 1. The molecular weight excluding hydrogens is 374 g/mol. The smallest absolute Gasteiger partial charge is 0.395 e. The molecule has 2 N–H and O–H groups in total. The third kappa shape index (κ3) is 4.22. The van der Waals surface area contributed by atoms with Crippen LogP contribution in [0.4, 0.5) is 25.1 Å². The molecule has 4 rings (SSSR count). The molecule has 0 radical (unpaired) electrons. The number of urea groups is 1. The van der Waals surface area contributed by atoms with Gasteiger partial charge in [0.05, 0.1) is 13.2 Å². The minimum absolute atomic E-state index is 0.0811. The van der Waals surface area contributed by atoms with Gasteiger partial charge in [0.25, 0.3) is 0 Å². The molecule has 2 aromatic rings. The molecule has 0 atom stereocenters. The summed E-state index contributed by atoms with van der Waals surface area (Å²) >= 11 is 0. The second kappa shape index (κ2) is 7.47. The molecule has 0 saturated carbocycles. The van der Waals surface area contributed by atoms with E-state index in [-0.39, 0.29) is 18.0 Å². The van der Waals surface area contributed by atoms with E-state index in [1.165, 1.54) is 18.2 Å². The molecule has 1 saturated heterocycles. The number of carbonyl (C=O) groups is 1. The lowest BCUT2D eigenvalue weighted by Gasteiger charge is -2.27. The number of aromatic nitrogens is 1. The van der Waals surface area contributed by atoms with Crippen LogP contribution in [0, 0.1) is 0 Å². The van der Waals surface area contributed by atoms with Gasteiger partial charge in [0.15, 0.2) is 11.5 Å². The van der Waals surface area contributed by atoms with Crippen LogP contribution in [0.2, 0.25) is 0 Å². The van der Waals surface area contributed by atoms with E-state index in [4.69, 9.17) is 4.74 Å². The van der Waals surface area contributed by atoms with Crippen LogP contribution in [-0.4, -0.2) is 43.6 Å². The van der Waals surface area contributed by atoms with Gasteiger partial charge in [-0.25, -0.2) is 9.78 Å². The van der Waals surface area contributed by atoms with E-state index < -0.39 is 12.3 Å². The molecule has 28 heavy (non-hydrogen) atoms. The van der Waals surface area contributed by atoms with Crippen LogP contribution in [0.1, 0.15) is 5.56 Å². The van der Waals surface area contributed by atoms with Crippen molar-refractivity contribution in [3.05, 3.63) is 42.1 Å². The average molecular weight is 392 g/mol. The summed E-state index contributed by atoms with van der Waals surface area (Å²) in [6, 6.07) is 7.33. The first kappa shape index (κ1) is 18.2. The van der Waals surface area contributed by atoms with Gasteiger partial charge in [-0.3, -0.25) is 0 Å². The lowest BCUT2D eigenvalue weighted by Crippen LogP contribution is -2.36. The highest BCUT2D eigenvalue weighted by Crippen LogP contribution is 2.42. The third-order valence-electron chi connectivity index (χ3n) is 4.26. The zero-order valence-corrected chi connectivity index (χ0v) is 14.8. The van der Waals surface area contributed by atoms with Crippen LogP contribution < -0.4 is 25.0 Å². The fourth-order valence-corrected chi connectivity index (χ4v) is 2.89. The van der Waals surface area contributed by atoms with E-state index in [9.17, 15) is 13.6 Å². The second-order valence-corrected chi connectivity index (χ2v) is 6.26. The first-order chi connectivity index (χ1) is 13.5. The summed E-state index contributed by atoms with van der Waals surface area (Å²) in [5.74, 6) is 0.654. The summed E-state index contributed by atoms with van der Waals surface area (Å²) in [7, 11) is 0. The largest absolute Gasteiger partial charge is 0.586 e.